The van der Waals surface area contributed by atoms with Crippen LogP contribution < -0.4 is 5.32 Å². The van der Waals surface area contributed by atoms with E-state index in [0.29, 0.717) is 19.5 Å². The van der Waals surface area contributed by atoms with Gasteiger partial charge in [0, 0.05) is 6.04 Å². The number of benzene rings is 1. The Morgan fingerprint density at radius 1 is 1.25 bits per heavy atom. The van der Waals surface area contributed by atoms with Gasteiger partial charge < -0.3 is 4.90 Å². The number of amides is 1. The number of hydrogen-bond acceptors (Lipinski definition) is 4. The Kier molecular flexibility index (Phi) is 3.52. The Morgan fingerprint density at radius 2 is 2.00 bits per heavy atom. The van der Waals surface area contributed by atoms with Gasteiger partial charge in [0.05, 0.1) is 24.2 Å². The molecule has 6 heteroatoms. The van der Waals surface area contributed by atoms with E-state index in [1.54, 1.807) is 4.90 Å². The molecule has 20 heavy (non-hydrogen) atoms. The first-order chi connectivity index (χ1) is 9.55. The molecule has 2 unspecified atom stereocenters. The summed E-state index contributed by atoms with van der Waals surface area (Å²) in [7, 11) is -2.95. The van der Waals surface area contributed by atoms with Crippen LogP contribution in [0.1, 0.15) is 12.0 Å². The summed E-state index contributed by atoms with van der Waals surface area (Å²) < 4.78 is 23.0. The summed E-state index contributed by atoms with van der Waals surface area (Å²) in [5.41, 5.74) is 1.11. The van der Waals surface area contributed by atoms with E-state index in [9.17, 15) is 13.2 Å². The highest BCUT2D eigenvalue weighted by Crippen LogP contribution is 2.21. The van der Waals surface area contributed by atoms with E-state index < -0.39 is 9.84 Å². The van der Waals surface area contributed by atoms with Crippen molar-refractivity contribution in [2.75, 3.05) is 18.2 Å². The van der Waals surface area contributed by atoms with Crippen molar-refractivity contribution in [1.82, 2.24) is 10.2 Å². The minimum Gasteiger partial charge on any atom is -0.325 e. The van der Waals surface area contributed by atoms with Crippen molar-refractivity contribution >= 4 is 15.7 Å². The second kappa shape index (κ2) is 5.18. The summed E-state index contributed by atoms with van der Waals surface area (Å²) in [6.07, 6.45) is 1.21. The van der Waals surface area contributed by atoms with Crippen LogP contribution in [0.5, 0.6) is 0 Å². The molecule has 1 N–H and O–H groups in total. The van der Waals surface area contributed by atoms with E-state index in [1.165, 1.54) is 0 Å². The summed E-state index contributed by atoms with van der Waals surface area (Å²) >= 11 is 0. The molecule has 5 nitrogen and oxygen atoms in total. The first-order valence-corrected chi connectivity index (χ1v) is 8.65. The first kappa shape index (κ1) is 13.6. The van der Waals surface area contributed by atoms with Crippen molar-refractivity contribution in [1.29, 1.82) is 0 Å². The largest absolute Gasteiger partial charge is 0.325 e. The van der Waals surface area contributed by atoms with Crippen LogP contribution in [0, 0.1) is 0 Å². The van der Waals surface area contributed by atoms with Crippen LogP contribution in [0.15, 0.2) is 30.3 Å². The lowest BCUT2D eigenvalue weighted by atomic mass is 10.1. The quantitative estimate of drug-likeness (QED) is 0.863. The Morgan fingerprint density at radius 3 is 2.65 bits per heavy atom. The van der Waals surface area contributed by atoms with E-state index in [0.717, 1.165) is 5.56 Å². The number of sulfone groups is 1. The fourth-order valence-corrected chi connectivity index (χ4v) is 4.64. The van der Waals surface area contributed by atoms with Crippen molar-refractivity contribution in [3.8, 4) is 0 Å². The van der Waals surface area contributed by atoms with Crippen molar-refractivity contribution in [3.63, 3.8) is 0 Å². The zero-order valence-electron chi connectivity index (χ0n) is 11.2. The zero-order chi connectivity index (χ0) is 14.2. The summed E-state index contributed by atoms with van der Waals surface area (Å²) in [6.45, 7) is 0.455. The highest BCUT2D eigenvalue weighted by molar-refractivity contribution is 7.91. The molecule has 0 radical (unpaired) electrons. The molecule has 0 aromatic heterocycles. The third-order valence-electron chi connectivity index (χ3n) is 4.02. The van der Waals surface area contributed by atoms with Gasteiger partial charge in [-0.3, -0.25) is 10.1 Å². The van der Waals surface area contributed by atoms with E-state index in [1.807, 2.05) is 30.3 Å². The maximum atomic E-state index is 12.4. The molecule has 0 bridgehead atoms. The predicted octanol–water partition coefficient (Wildman–Crippen LogP) is 0.174. The average molecular weight is 294 g/mol. The third kappa shape index (κ3) is 2.71. The van der Waals surface area contributed by atoms with Crippen LogP contribution >= 0.6 is 0 Å². The molecule has 3 rings (SSSR count). The molecule has 2 saturated heterocycles. The van der Waals surface area contributed by atoms with Gasteiger partial charge in [-0.15, -0.1) is 0 Å². The minimum absolute atomic E-state index is 0.0240. The fourth-order valence-electron chi connectivity index (χ4n) is 2.91. The Bertz CT molecular complexity index is 600. The lowest BCUT2D eigenvalue weighted by Crippen LogP contribution is -2.39. The molecular formula is C14H18N2O3S. The molecule has 1 amide bonds. The number of rotatable bonds is 3. The van der Waals surface area contributed by atoms with E-state index in [-0.39, 0.29) is 29.5 Å². The van der Waals surface area contributed by atoms with Gasteiger partial charge in [0.25, 0.3) is 0 Å². The van der Waals surface area contributed by atoms with Crippen molar-refractivity contribution in [3.05, 3.63) is 35.9 Å². The Balaban J connectivity index is 1.66. The second-order valence-electron chi connectivity index (χ2n) is 5.47. The molecule has 1 aromatic rings. The number of nitrogens with one attached hydrogen (secondary N) is 1. The molecule has 2 aliphatic heterocycles. The van der Waals surface area contributed by atoms with Crippen LogP contribution in [-0.2, 0) is 21.1 Å². The minimum atomic E-state index is -2.95. The monoisotopic (exact) mass is 294 g/mol. The van der Waals surface area contributed by atoms with Gasteiger partial charge in [-0.05, 0) is 18.4 Å². The molecular weight excluding hydrogens is 276 g/mol. The van der Waals surface area contributed by atoms with Crippen LogP contribution in [-0.4, -0.2) is 49.5 Å². The van der Waals surface area contributed by atoms with E-state index in [4.69, 9.17) is 0 Å². The van der Waals surface area contributed by atoms with E-state index >= 15 is 0 Å². The van der Waals surface area contributed by atoms with Gasteiger partial charge in [-0.1, -0.05) is 30.3 Å². The first-order valence-electron chi connectivity index (χ1n) is 6.83. The smallest absolute Gasteiger partial charge is 0.241 e. The normalized spacial score (nSPS) is 29.0. The number of carbonyl (C=O) groups excluding carboxylic acids is 1. The Hall–Kier alpha value is -1.40. The van der Waals surface area contributed by atoms with Gasteiger partial charge in [0.1, 0.15) is 0 Å². The topological polar surface area (TPSA) is 66.5 Å². The van der Waals surface area contributed by atoms with Gasteiger partial charge in [-0.2, -0.15) is 0 Å². The lowest BCUT2D eigenvalue weighted by Gasteiger charge is -2.21. The van der Waals surface area contributed by atoms with E-state index in [2.05, 4.69) is 5.32 Å². The van der Waals surface area contributed by atoms with Crippen molar-refractivity contribution in [2.45, 2.75) is 24.9 Å². The van der Waals surface area contributed by atoms with Crippen molar-refractivity contribution in [2.24, 2.45) is 0 Å². The standard InChI is InChI=1S/C14H18N2O3S/c17-14-13(8-11-4-2-1-3-5-11)15-10-16(14)12-6-7-20(18,19)9-12/h1-5,12-13,15H,6-10H2. The van der Waals surface area contributed by atoms with Gasteiger partial charge in [0.15, 0.2) is 9.84 Å². The maximum absolute atomic E-state index is 12.4. The molecule has 1 aromatic carbocycles. The van der Waals surface area contributed by atoms with Gasteiger partial charge >= 0.3 is 0 Å². The molecule has 2 heterocycles. The third-order valence-corrected chi connectivity index (χ3v) is 5.77. The van der Waals surface area contributed by atoms with Crippen LogP contribution in [0.25, 0.3) is 0 Å². The van der Waals surface area contributed by atoms with Crippen LogP contribution in [0.2, 0.25) is 0 Å². The summed E-state index contributed by atoms with van der Waals surface area (Å²) in [6, 6.07) is 9.46. The molecule has 2 atom stereocenters. The number of hydrogen-bond donors (Lipinski definition) is 1. The highest BCUT2D eigenvalue weighted by Gasteiger charge is 2.40. The summed E-state index contributed by atoms with van der Waals surface area (Å²) in [5.74, 6) is 0.333. The molecule has 0 aliphatic carbocycles. The Labute approximate surface area is 118 Å². The molecule has 0 spiro atoms. The van der Waals surface area contributed by atoms with Crippen LogP contribution in [0.3, 0.4) is 0 Å². The number of carbonyl (C=O) groups is 1. The van der Waals surface area contributed by atoms with Crippen LogP contribution in [0.4, 0.5) is 0 Å². The molecule has 2 fully saturated rings. The van der Waals surface area contributed by atoms with Gasteiger partial charge in [-0.25, -0.2) is 8.42 Å². The summed E-state index contributed by atoms with van der Waals surface area (Å²) in [5, 5.41) is 3.19. The van der Waals surface area contributed by atoms with Crippen molar-refractivity contribution < 1.29 is 13.2 Å². The molecule has 0 saturated carbocycles. The van der Waals surface area contributed by atoms with Gasteiger partial charge in [0.2, 0.25) is 5.91 Å². The predicted molar refractivity (Wildman–Crippen MR) is 75.8 cm³/mol. The SMILES string of the molecule is O=C1C(Cc2ccccc2)NCN1C1CCS(=O)(=O)C1. The number of nitrogens with zero attached hydrogens (tertiary/aromatic N) is 1. The summed E-state index contributed by atoms with van der Waals surface area (Å²) in [4.78, 5) is 14.1. The molecule has 2 aliphatic rings. The zero-order valence-corrected chi connectivity index (χ0v) is 12.0. The molecule has 108 valence electrons. The fraction of sp³-hybridized carbons (Fsp3) is 0.500. The maximum Gasteiger partial charge on any atom is 0.241 e. The average Bonchev–Trinajstić information content (AvgIpc) is 2.95. The second-order valence-corrected chi connectivity index (χ2v) is 7.70. The highest BCUT2D eigenvalue weighted by atomic mass is 32.2. The lowest BCUT2D eigenvalue weighted by molar-refractivity contribution is -0.130.